The van der Waals surface area contributed by atoms with Gasteiger partial charge in [-0.1, -0.05) is 0 Å². The Balaban J connectivity index is 2.38. The molecule has 25 heavy (non-hydrogen) atoms. The van der Waals surface area contributed by atoms with E-state index in [-0.39, 0.29) is 18.0 Å². The van der Waals surface area contributed by atoms with E-state index >= 15 is 0 Å². The molecule has 0 bridgehead atoms. The van der Waals surface area contributed by atoms with E-state index in [1.54, 1.807) is 18.4 Å². The number of hydrogen-bond acceptors (Lipinski definition) is 5. The van der Waals surface area contributed by atoms with E-state index in [0.29, 0.717) is 43.7 Å². The molecule has 0 spiro atoms. The van der Waals surface area contributed by atoms with Crippen LogP contribution in [0.4, 0.5) is 0 Å². The molecule has 2 heterocycles. The molecule has 0 unspecified atom stereocenters. The third-order valence-corrected chi connectivity index (χ3v) is 4.15. The molecule has 8 nitrogen and oxygen atoms in total. The highest BCUT2D eigenvalue weighted by Gasteiger charge is 2.17. The molecule has 8 heteroatoms. The smallest absolute Gasteiger partial charge is 0.332 e. The fourth-order valence-corrected chi connectivity index (χ4v) is 2.84. The van der Waals surface area contributed by atoms with Gasteiger partial charge < -0.3 is 14.4 Å². The van der Waals surface area contributed by atoms with Crippen LogP contribution in [0, 0.1) is 0 Å². The van der Waals surface area contributed by atoms with E-state index in [4.69, 9.17) is 4.74 Å². The summed E-state index contributed by atoms with van der Waals surface area (Å²) in [5, 5.41) is 9.78. The van der Waals surface area contributed by atoms with E-state index in [1.807, 2.05) is 13.8 Å². The second kappa shape index (κ2) is 7.97. The van der Waals surface area contributed by atoms with Gasteiger partial charge in [-0.15, -0.1) is 0 Å². The van der Waals surface area contributed by atoms with Gasteiger partial charge in [0.05, 0.1) is 11.9 Å². The topological polar surface area (TPSA) is 91.3 Å². The number of aromatic nitrogens is 4. The van der Waals surface area contributed by atoms with Crippen molar-refractivity contribution in [2.24, 2.45) is 0 Å². The molecule has 1 N–H and O–H groups in total. The molecule has 2 rings (SSSR count). The Morgan fingerprint density at radius 3 is 2.52 bits per heavy atom. The van der Waals surface area contributed by atoms with Crippen molar-refractivity contribution in [3.63, 3.8) is 0 Å². The van der Waals surface area contributed by atoms with Crippen molar-refractivity contribution in [1.29, 1.82) is 0 Å². The number of nitrogens with zero attached hydrogens (tertiary/aromatic N) is 4. The number of unbranched alkanes of at least 4 members (excludes halogenated alkanes) is 1. The minimum Gasteiger partial charge on any atom is -0.390 e. The van der Waals surface area contributed by atoms with Crippen molar-refractivity contribution < 1.29 is 9.84 Å². The first-order valence-electron chi connectivity index (χ1n) is 8.78. The molecular formula is C17H28N4O4. The molecule has 0 saturated carbocycles. The lowest BCUT2D eigenvalue weighted by Crippen LogP contribution is -2.40. The molecule has 0 fully saturated rings. The summed E-state index contributed by atoms with van der Waals surface area (Å²) < 4.78 is 9.79. The fourth-order valence-electron chi connectivity index (χ4n) is 2.84. The number of aryl methyl sites for hydroxylation is 1. The molecule has 2 aromatic rings. The summed E-state index contributed by atoms with van der Waals surface area (Å²) in [6, 6.07) is 0. The maximum atomic E-state index is 12.8. The molecule has 0 aromatic carbocycles. The number of rotatable bonds is 9. The Labute approximate surface area is 146 Å². The SMILES string of the molecule is CCOCn1cnc2c1c(=O)n(CCCCC(C)(C)O)c(=O)n2CC. The van der Waals surface area contributed by atoms with Gasteiger partial charge >= 0.3 is 5.69 Å². The highest BCUT2D eigenvalue weighted by Crippen LogP contribution is 2.12. The predicted molar refractivity (Wildman–Crippen MR) is 95.7 cm³/mol. The van der Waals surface area contributed by atoms with Crippen LogP contribution in [0.3, 0.4) is 0 Å². The van der Waals surface area contributed by atoms with E-state index in [2.05, 4.69) is 4.98 Å². The molecule has 0 atom stereocenters. The van der Waals surface area contributed by atoms with Gasteiger partial charge in [0.2, 0.25) is 0 Å². The van der Waals surface area contributed by atoms with Crippen LogP contribution < -0.4 is 11.2 Å². The zero-order valence-electron chi connectivity index (χ0n) is 15.5. The monoisotopic (exact) mass is 352 g/mol. The zero-order chi connectivity index (χ0) is 18.6. The molecule has 0 radical (unpaired) electrons. The van der Waals surface area contributed by atoms with Gasteiger partial charge in [0.15, 0.2) is 11.2 Å². The van der Waals surface area contributed by atoms with Crippen molar-refractivity contribution in [2.45, 2.75) is 72.4 Å². The first-order chi connectivity index (χ1) is 11.8. The average Bonchev–Trinajstić information content (AvgIpc) is 2.95. The number of fused-ring (bicyclic) bond motifs is 1. The minimum atomic E-state index is -0.741. The van der Waals surface area contributed by atoms with Crippen LogP contribution in [0.25, 0.3) is 11.2 Å². The van der Waals surface area contributed by atoms with Crippen LogP contribution in [0.2, 0.25) is 0 Å². The first kappa shape index (κ1) is 19.4. The lowest BCUT2D eigenvalue weighted by molar-refractivity contribution is 0.0678. The lowest BCUT2D eigenvalue weighted by atomic mass is 10.0. The molecule has 0 aliphatic heterocycles. The summed E-state index contributed by atoms with van der Waals surface area (Å²) in [5.74, 6) is 0. The van der Waals surface area contributed by atoms with Crippen LogP contribution >= 0.6 is 0 Å². The van der Waals surface area contributed by atoms with Gasteiger partial charge in [-0.25, -0.2) is 9.78 Å². The van der Waals surface area contributed by atoms with Crippen molar-refractivity contribution in [3.8, 4) is 0 Å². The van der Waals surface area contributed by atoms with E-state index < -0.39 is 5.60 Å². The van der Waals surface area contributed by atoms with Crippen molar-refractivity contribution in [2.75, 3.05) is 6.61 Å². The number of imidazole rings is 1. The highest BCUT2D eigenvalue weighted by molar-refractivity contribution is 5.70. The standard InChI is InChI=1S/C17H28N4O4/c1-5-20-14-13(19(11-18-14)12-25-6-2)15(22)21(16(20)23)10-8-7-9-17(3,4)24/h11,24H,5-10,12H2,1-4H3. The Kier molecular flexibility index (Phi) is 6.18. The van der Waals surface area contributed by atoms with Gasteiger partial charge in [-0.05, 0) is 47.0 Å². The lowest BCUT2D eigenvalue weighted by Gasteiger charge is -2.16. The molecule has 0 amide bonds. The quantitative estimate of drug-likeness (QED) is 0.687. The summed E-state index contributed by atoms with van der Waals surface area (Å²) in [6.45, 7) is 8.74. The minimum absolute atomic E-state index is 0.225. The maximum absolute atomic E-state index is 12.8. The second-order valence-corrected chi connectivity index (χ2v) is 6.76. The van der Waals surface area contributed by atoms with Crippen molar-refractivity contribution in [1.82, 2.24) is 18.7 Å². The Morgan fingerprint density at radius 2 is 1.92 bits per heavy atom. The van der Waals surface area contributed by atoms with E-state index in [0.717, 1.165) is 6.42 Å². The van der Waals surface area contributed by atoms with Crippen LogP contribution in [0.5, 0.6) is 0 Å². The van der Waals surface area contributed by atoms with Crippen LogP contribution in [-0.4, -0.2) is 36.0 Å². The fraction of sp³-hybridized carbons (Fsp3) is 0.706. The third-order valence-electron chi connectivity index (χ3n) is 4.15. The highest BCUT2D eigenvalue weighted by atomic mass is 16.5. The summed E-state index contributed by atoms with van der Waals surface area (Å²) in [7, 11) is 0. The van der Waals surface area contributed by atoms with Gasteiger partial charge in [0.1, 0.15) is 6.73 Å². The van der Waals surface area contributed by atoms with Crippen LogP contribution in [0.1, 0.15) is 47.0 Å². The molecule has 2 aromatic heterocycles. The summed E-state index contributed by atoms with van der Waals surface area (Å²) in [5.41, 5.74) is -0.647. The second-order valence-electron chi connectivity index (χ2n) is 6.76. The van der Waals surface area contributed by atoms with Gasteiger partial charge in [0, 0.05) is 19.7 Å². The van der Waals surface area contributed by atoms with Gasteiger partial charge in [-0.3, -0.25) is 13.9 Å². The largest absolute Gasteiger partial charge is 0.390 e. The molecule has 0 aliphatic carbocycles. The van der Waals surface area contributed by atoms with E-state index in [9.17, 15) is 14.7 Å². The normalized spacial score (nSPS) is 12.2. The molecule has 0 saturated heterocycles. The summed E-state index contributed by atoms with van der Waals surface area (Å²) in [4.78, 5) is 29.7. The first-order valence-corrected chi connectivity index (χ1v) is 8.78. The van der Waals surface area contributed by atoms with Crippen molar-refractivity contribution >= 4 is 11.2 Å². The summed E-state index contributed by atoms with van der Waals surface area (Å²) in [6.07, 6.45) is 3.53. The van der Waals surface area contributed by atoms with E-state index in [1.165, 1.54) is 15.5 Å². The van der Waals surface area contributed by atoms with Crippen LogP contribution in [-0.2, 0) is 24.6 Å². The number of ether oxygens (including phenoxy) is 1. The van der Waals surface area contributed by atoms with Crippen molar-refractivity contribution in [3.05, 3.63) is 27.2 Å². The predicted octanol–water partition coefficient (Wildman–Crippen LogP) is 1.31. The van der Waals surface area contributed by atoms with Gasteiger partial charge in [0.25, 0.3) is 5.56 Å². The molecule has 140 valence electrons. The Morgan fingerprint density at radius 1 is 1.20 bits per heavy atom. The molecule has 0 aliphatic rings. The van der Waals surface area contributed by atoms with Crippen LogP contribution in [0.15, 0.2) is 15.9 Å². The Hall–Kier alpha value is -1.93. The number of aliphatic hydroxyl groups is 1. The summed E-state index contributed by atoms with van der Waals surface area (Å²) >= 11 is 0. The average molecular weight is 352 g/mol. The maximum Gasteiger partial charge on any atom is 0.332 e. The molecular weight excluding hydrogens is 324 g/mol. The Bertz CT molecular complexity index is 826. The third kappa shape index (κ3) is 4.38. The van der Waals surface area contributed by atoms with Gasteiger partial charge in [-0.2, -0.15) is 0 Å². The zero-order valence-corrected chi connectivity index (χ0v) is 15.5. The number of hydrogen-bond donors (Lipinski definition) is 1.